The van der Waals surface area contributed by atoms with E-state index in [0.29, 0.717) is 18.2 Å². The van der Waals surface area contributed by atoms with Crippen LogP contribution in [0.3, 0.4) is 0 Å². The van der Waals surface area contributed by atoms with Crippen LogP contribution in [0.4, 0.5) is 11.6 Å². The van der Waals surface area contributed by atoms with Crippen molar-refractivity contribution in [1.82, 2.24) is 19.9 Å². The summed E-state index contributed by atoms with van der Waals surface area (Å²) in [6, 6.07) is 11.5. The van der Waals surface area contributed by atoms with E-state index in [1.165, 1.54) is 0 Å². The summed E-state index contributed by atoms with van der Waals surface area (Å²) in [6.45, 7) is 22.6. The van der Waals surface area contributed by atoms with Gasteiger partial charge in [-0.1, -0.05) is 20.8 Å². The van der Waals surface area contributed by atoms with Gasteiger partial charge in [0.25, 0.3) is 0 Å². The fourth-order valence-corrected chi connectivity index (χ4v) is 7.27. The van der Waals surface area contributed by atoms with Crippen molar-refractivity contribution in [3.8, 4) is 22.5 Å². The van der Waals surface area contributed by atoms with Crippen LogP contribution < -0.4 is 11.5 Å². The minimum Gasteiger partial charge on any atom is -0.410 e. The van der Waals surface area contributed by atoms with Gasteiger partial charge in [0.1, 0.15) is 16.6 Å². The lowest BCUT2D eigenvalue weighted by Crippen LogP contribution is -2.40. The molecule has 11 heteroatoms. The molecule has 8 nitrogen and oxygen atoms in total. The number of nitrogen functional groups attached to an aromatic ring is 2. The van der Waals surface area contributed by atoms with E-state index < -0.39 is 16.6 Å². The van der Waals surface area contributed by atoms with Crippen molar-refractivity contribution in [2.24, 2.45) is 0 Å². The van der Waals surface area contributed by atoms with Crippen LogP contribution in [-0.4, -0.2) is 36.6 Å². The summed E-state index contributed by atoms with van der Waals surface area (Å²) in [4.78, 5) is 17.3. The zero-order valence-corrected chi connectivity index (χ0v) is 29.5. The maximum absolute atomic E-state index is 6.30. The highest BCUT2D eigenvalue weighted by atomic mass is 32.1. The number of anilines is 2. The van der Waals surface area contributed by atoms with E-state index in [2.05, 4.69) is 93.4 Å². The summed E-state index contributed by atoms with van der Waals surface area (Å²) >= 11 is 1.63. The molecule has 4 rings (SSSR count). The van der Waals surface area contributed by atoms with Gasteiger partial charge in [-0.25, -0.2) is 15.0 Å². The first-order valence-electron chi connectivity index (χ1n) is 14.1. The Morgan fingerprint density at radius 3 is 1.86 bits per heavy atom. The molecule has 226 valence electrons. The van der Waals surface area contributed by atoms with Crippen molar-refractivity contribution >= 4 is 39.6 Å². The van der Waals surface area contributed by atoms with Crippen molar-refractivity contribution < 1.29 is 8.85 Å². The highest BCUT2D eigenvalue weighted by Crippen LogP contribution is 2.37. The minimum absolute atomic E-state index is 0.216. The molecule has 0 radical (unpaired) electrons. The monoisotopic (exact) mass is 622 g/mol. The number of rotatable bonds is 8. The van der Waals surface area contributed by atoms with Crippen molar-refractivity contribution in [3.63, 3.8) is 0 Å². The molecule has 4 aromatic heterocycles. The second-order valence-corrected chi connectivity index (χ2v) is 23.5. The van der Waals surface area contributed by atoms with E-state index in [9.17, 15) is 0 Å². The summed E-state index contributed by atoms with van der Waals surface area (Å²) in [5.74, 6) is 1.03. The van der Waals surface area contributed by atoms with Crippen LogP contribution in [0.25, 0.3) is 22.5 Å². The van der Waals surface area contributed by atoms with Crippen LogP contribution in [0.15, 0.2) is 60.4 Å². The first kappa shape index (κ1) is 33.5. The number of hydrogen-bond donors (Lipinski definition) is 2. The lowest BCUT2D eigenvalue weighted by atomic mass is 9.98. The van der Waals surface area contributed by atoms with Gasteiger partial charge in [-0.3, -0.25) is 4.98 Å². The molecule has 0 aliphatic carbocycles. The van der Waals surface area contributed by atoms with E-state index in [1.54, 1.807) is 35.9 Å². The smallest absolute Gasteiger partial charge is 0.192 e. The lowest BCUT2D eigenvalue weighted by Gasteiger charge is -2.35. The first-order chi connectivity index (χ1) is 19.4. The molecule has 4 N–H and O–H groups in total. The van der Waals surface area contributed by atoms with Gasteiger partial charge >= 0.3 is 0 Å². The third kappa shape index (κ3) is 9.53. The summed E-state index contributed by atoms with van der Waals surface area (Å²) < 4.78 is 12.5. The average molecular weight is 623 g/mol. The zero-order valence-electron chi connectivity index (χ0n) is 26.6. The zero-order chi connectivity index (χ0) is 31.3. The minimum atomic E-state index is -1.73. The number of nitrogens with zero attached hydrogens (tertiary/aromatic N) is 4. The van der Waals surface area contributed by atoms with E-state index in [0.717, 1.165) is 33.1 Å². The highest BCUT2D eigenvalue weighted by molar-refractivity contribution is 7.10. The molecule has 4 heterocycles. The van der Waals surface area contributed by atoms with E-state index in [4.69, 9.17) is 20.3 Å². The van der Waals surface area contributed by atoms with Crippen LogP contribution in [0.5, 0.6) is 0 Å². The number of aromatic nitrogens is 4. The third-order valence-corrected chi connectivity index (χ3v) is 13.5. The van der Waals surface area contributed by atoms with Gasteiger partial charge in [0.05, 0.1) is 23.6 Å². The third-order valence-electron chi connectivity index (χ3n) is 7.10. The number of nitrogens with two attached hydrogens (primary N) is 2. The van der Waals surface area contributed by atoms with Gasteiger partial charge in [0.2, 0.25) is 0 Å². The molecule has 0 bridgehead atoms. The van der Waals surface area contributed by atoms with Crippen LogP contribution in [0.2, 0.25) is 37.8 Å². The molecule has 0 atom stereocenters. The number of hydrogen-bond acceptors (Lipinski definition) is 9. The fourth-order valence-electron chi connectivity index (χ4n) is 3.87. The molecule has 0 aromatic carbocycles. The normalized spacial score (nSPS) is 12.5. The maximum Gasteiger partial charge on any atom is 0.192 e. The quantitative estimate of drug-likeness (QED) is 0.189. The van der Waals surface area contributed by atoms with Gasteiger partial charge in [-0.05, 0) is 93.6 Å². The van der Waals surface area contributed by atoms with Crippen LogP contribution in [0, 0.1) is 0 Å². The maximum atomic E-state index is 6.30. The molecule has 0 unspecified atom stereocenters. The van der Waals surface area contributed by atoms with Crippen molar-refractivity contribution in [1.29, 1.82) is 0 Å². The van der Waals surface area contributed by atoms with Crippen LogP contribution in [-0.2, 0) is 21.1 Å². The van der Waals surface area contributed by atoms with Crippen LogP contribution >= 0.6 is 11.3 Å². The topological polar surface area (TPSA) is 122 Å². The molecule has 4 aromatic rings. The Labute approximate surface area is 257 Å². The summed E-state index contributed by atoms with van der Waals surface area (Å²) in [7, 11) is -3.36. The van der Waals surface area contributed by atoms with Crippen molar-refractivity contribution in [3.05, 3.63) is 70.9 Å². The second-order valence-electron chi connectivity index (χ2n) is 13.3. The van der Waals surface area contributed by atoms with E-state index in [-0.39, 0.29) is 10.6 Å². The fraction of sp³-hybridized carbons (Fsp3) is 0.419. The predicted molar refractivity (Wildman–Crippen MR) is 181 cm³/mol. The van der Waals surface area contributed by atoms with Gasteiger partial charge < -0.3 is 20.3 Å². The molecule has 0 saturated carbocycles. The van der Waals surface area contributed by atoms with Gasteiger partial charge in [0, 0.05) is 35.1 Å². The Balaban J connectivity index is 0.000000230. The highest BCUT2D eigenvalue weighted by Gasteiger charge is 2.37. The molecule has 0 aliphatic heterocycles. The summed E-state index contributed by atoms with van der Waals surface area (Å²) in [6.07, 6.45) is 5.31. The Hall–Kier alpha value is -2.97. The molecular weight excluding hydrogens is 577 g/mol. The van der Waals surface area contributed by atoms with E-state index in [1.807, 2.05) is 29.8 Å². The van der Waals surface area contributed by atoms with Crippen molar-refractivity contribution in [2.75, 3.05) is 11.5 Å². The lowest BCUT2D eigenvalue weighted by molar-refractivity contribution is 0.1000. The Morgan fingerprint density at radius 2 is 1.36 bits per heavy atom. The number of pyridine rings is 3. The van der Waals surface area contributed by atoms with E-state index >= 15 is 0 Å². The Morgan fingerprint density at radius 1 is 0.786 bits per heavy atom. The first-order valence-corrected chi connectivity index (χ1v) is 21.2. The van der Waals surface area contributed by atoms with Gasteiger partial charge in [0.15, 0.2) is 16.6 Å². The number of thiazole rings is 1. The Bertz CT molecular complexity index is 1440. The molecular formula is C31H46N6O2SSi2. The molecule has 42 heavy (non-hydrogen) atoms. The molecule has 0 amide bonds. The molecule has 0 aliphatic rings. The average Bonchev–Trinajstić information content (AvgIpc) is 3.36. The summed E-state index contributed by atoms with van der Waals surface area (Å²) in [5.41, 5.74) is 15.8. The standard InChI is InChI=1S/C16H23N3OSi.C15H23N3OSSi/c1-16(2,20-21(3,4)5)13-8-9-18-14(10-13)12-6-7-15(17)19-11-12;1-15(2,3)21(4,5)19-9-14-18-12(10-20-14)11-6-7-13(16)17-8-11/h6-11H,1-5H3,(H2,17,19);6-8,10H,9H2,1-5H3,(H2,16,17). The van der Waals surface area contributed by atoms with Gasteiger partial charge in [-0.15, -0.1) is 11.3 Å². The molecule has 0 saturated heterocycles. The van der Waals surface area contributed by atoms with Crippen molar-refractivity contribution in [2.45, 2.75) is 84.6 Å². The second kappa shape index (κ2) is 13.1. The SMILES string of the molecule is CC(C)(C)[Si](C)(C)OCc1nc(-c2ccc(N)nc2)cs1.CC(C)(O[Si](C)(C)C)c1ccnc(-c2ccc(N)nc2)c1. The molecule has 0 fully saturated rings. The molecule has 0 spiro atoms. The largest absolute Gasteiger partial charge is 0.410 e. The Kier molecular flexibility index (Phi) is 10.5. The summed E-state index contributed by atoms with van der Waals surface area (Å²) in [5, 5.41) is 3.26. The predicted octanol–water partition coefficient (Wildman–Crippen LogP) is 8.12. The van der Waals surface area contributed by atoms with Gasteiger partial charge in [-0.2, -0.15) is 0 Å². The van der Waals surface area contributed by atoms with Crippen LogP contribution in [0.1, 0.15) is 45.2 Å².